The van der Waals surface area contributed by atoms with Crippen molar-refractivity contribution in [1.29, 1.82) is 0 Å². The molecule has 1 rings (SSSR count). The highest BCUT2D eigenvalue weighted by Crippen LogP contribution is 2.20. The molecule has 0 heterocycles. The van der Waals surface area contributed by atoms with Crippen molar-refractivity contribution < 1.29 is 8.42 Å². The summed E-state index contributed by atoms with van der Waals surface area (Å²) in [5.41, 5.74) is 6.35. The Balaban J connectivity index is 2.24. The van der Waals surface area contributed by atoms with Crippen LogP contribution in [0.5, 0.6) is 0 Å². The van der Waals surface area contributed by atoms with Crippen molar-refractivity contribution in [2.24, 2.45) is 0 Å². The van der Waals surface area contributed by atoms with Gasteiger partial charge in [0.15, 0.2) is 0 Å². The first kappa shape index (κ1) is 16.9. The minimum atomic E-state index is -3.20. The van der Waals surface area contributed by atoms with E-state index in [2.05, 4.69) is 10.6 Å². The smallest absolute Gasteiger partial charge is 0.212 e. The number of nitrogen functional groups attached to an aromatic ring is 1. The van der Waals surface area contributed by atoms with Crippen molar-refractivity contribution in [2.45, 2.75) is 24.2 Å². The number of sulfonamides is 1. The first-order valence-electron chi connectivity index (χ1n) is 6.42. The van der Waals surface area contributed by atoms with Crippen molar-refractivity contribution in [3.8, 4) is 12.3 Å². The largest absolute Gasteiger partial charge is 0.399 e. The van der Waals surface area contributed by atoms with Crippen molar-refractivity contribution in [2.75, 3.05) is 23.8 Å². The van der Waals surface area contributed by atoms with Crippen molar-refractivity contribution in [3.05, 3.63) is 24.3 Å². The second-order valence-corrected chi connectivity index (χ2v) is 7.39. The first-order valence-corrected chi connectivity index (χ1v) is 9.06. The number of rotatable bonds is 9. The van der Waals surface area contributed by atoms with Gasteiger partial charge in [0.1, 0.15) is 0 Å². The molecule has 0 bridgehead atoms. The third-order valence-electron chi connectivity index (χ3n) is 2.55. The lowest BCUT2D eigenvalue weighted by Gasteiger charge is -2.06. The molecule has 0 amide bonds. The molecule has 0 fully saturated rings. The van der Waals surface area contributed by atoms with Crippen LogP contribution in [0, 0.1) is 12.3 Å². The van der Waals surface area contributed by atoms with E-state index >= 15 is 0 Å². The minimum Gasteiger partial charge on any atom is -0.399 e. The predicted octanol–water partition coefficient (Wildman–Crippen LogP) is 2.08. The SMILES string of the molecule is C#CCCCCNS(=O)(=O)CCSc1cccc(N)c1. The third kappa shape index (κ3) is 7.43. The zero-order valence-corrected chi connectivity index (χ0v) is 13.0. The summed E-state index contributed by atoms with van der Waals surface area (Å²) in [6.45, 7) is 0.451. The van der Waals surface area contributed by atoms with Gasteiger partial charge in [-0.3, -0.25) is 0 Å². The van der Waals surface area contributed by atoms with Gasteiger partial charge in [0.05, 0.1) is 5.75 Å². The van der Waals surface area contributed by atoms with Crippen molar-refractivity contribution in [3.63, 3.8) is 0 Å². The Hall–Kier alpha value is -1.16. The molecule has 0 aliphatic heterocycles. The molecule has 0 saturated heterocycles. The number of unbranched alkanes of at least 4 members (excludes halogenated alkanes) is 2. The zero-order chi connectivity index (χ0) is 14.8. The summed E-state index contributed by atoms with van der Waals surface area (Å²) in [6, 6.07) is 7.42. The fraction of sp³-hybridized carbons (Fsp3) is 0.429. The fourth-order valence-electron chi connectivity index (χ4n) is 1.53. The van der Waals surface area contributed by atoms with Gasteiger partial charge >= 0.3 is 0 Å². The molecule has 4 nitrogen and oxygen atoms in total. The van der Waals surface area contributed by atoms with E-state index in [1.807, 2.05) is 18.2 Å². The Morgan fingerprint density at radius 1 is 1.35 bits per heavy atom. The topological polar surface area (TPSA) is 72.2 Å². The highest BCUT2D eigenvalue weighted by molar-refractivity contribution is 8.00. The highest BCUT2D eigenvalue weighted by atomic mass is 32.2. The third-order valence-corrected chi connectivity index (χ3v) is 5.19. The van der Waals surface area contributed by atoms with Gasteiger partial charge in [-0.15, -0.1) is 24.1 Å². The lowest BCUT2D eigenvalue weighted by atomic mass is 10.2. The molecule has 0 aliphatic rings. The molecule has 0 radical (unpaired) electrons. The number of benzene rings is 1. The van der Waals surface area contributed by atoms with E-state index in [0.717, 1.165) is 17.7 Å². The van der Waals surface area contributed by atoms with Crippen molar-refractivity contribution >= 4 is 27.5 Å². The molecule has 1 aromatic carbocycles. The van der Waals surface area contributed by atoms with Crippen LogP contribution in [0.1, 0.15) is 19.3 Å². The number of anilines is 1. The molecule has 0 atom stereocenters. The summed E-state index contributed by atoms with van der Waals surface area (Å²) in [5.74, 6) is 3.13. The monoisotopic (exact) mass is 312 g/mol. The Kier molecular flexibility index (Phi) is 7.52. The van der Waals surface area contributed by atoms with Gasteiger partial charge in [-0.2, -0.15) is 0 Å². The molecule has 0 saturated carbocycles. The number of hydrogen-bond acceptors (Lipinski definition) is 4. The number of thioether (sulfide) groups is 1. The molecule has 110 valence electrons. The van der Waals surface area contributed by atoms with Gasteiger partial charge in [0.25, 0.3) is 0 Å². The molecule has 0 aromatic heterocycles. The zero-order valence-electron chi connectivity index (χ0n) is 11.3. The van der Waals surface area contributed by atoms with E-state index in [9.17, 15) is 8.42 Å². The van der Waals surface area contributed by atoms with Crippen LogP contribution in [0.3, 0.4) is 0 Å². The molecule has 0 unspecified atom stereocenters. The van der Waals surface area contributed by atoms with Gasteiger partial charge in [0, 0.05) is 29.3 Å². The summed E-state index contributed by atoms with van der Waals surface area (Å²) in [7, 11) is -3.20. The van der Waals surface area contributed by atoms with E-state index in [-0.39, 0.29) is 5.75 Å². The number of nitrogens with one attached hydrogen (secondary N) is 1. The second kappa shape index (κ2) is 8.90. The first-order chi connectivity index (χ1) is 9.53. The van der Waals surface area contributed by atoms with Crippen LogP contribution in [-0.2, 0) is 10.0 Å². The molecular formula is C14H20N2O2S2. The molecule has 3 N–H and O–H groups in total. The fourth-order valence-corrected chi connectivity index (χ4v) is 3.97. The van der Waals surface area contributed by atoms with Gasteiger partial charge in [-0.05, 0) is 31.0 Å². The molecule has 1 aromatic rings. The summed E-state index contributed by atoms with van der Waals surface area (Å²) in [4.78, 5) is 0.981. The van der Waals surface area contributed by atoms with Crippen LogP contribution in [0.25, 0.3) is 0 Å². The maximum absolute atomic E-state index is 11.7. The van der Waals surface area contributed by atoms with Crippen LogP contribution in [0.15, 0.2) is 29.2 Å². The summed E-state index contributed by atoms with van der Waals surface area (Å²) in [5, 5.41) is 0. The van der Waals surface area contributed by atoms with Gasteiger partial charge in [-0.25, -0.2) is 13.1 Å². The Morgan fingerprint density at radius 3 is 2.85 bits per heavy atom. The maximum atomic E-state index is 11.7. The molecule has 6 heteroatoms. The van der Waals surface area contributed by atoms with E-state index in [1.54, 1.807) is 6.07 Å². The quantitative estimate of drug-likeness (QED) is 0.317. The molecule has 0 spiro atoms. The lowest BCUT2D eigenvalue weighted by molar-refractivity contribution is 0.579. The highest BCUT2D eigenvalue weighted by Gasteiger charge is 2.09. The summed E-state index contributed by atoms with van der Waals surface area (Å²) < 4.78 is 26.0. The lowest BCUT2D eigenvalue weighted by Crippen LogP contribution is -2.28. The van der Waals surface area contributed by atoms with Crippen LogP contribution < -0.4 is 10.5 Å². The second-order valence-electron chi connectivity index (χ2n) is 4.30. The Morgan fingerprint density at radius 2 is 2.15 bits per heavy atom. The van der Waals surface area contributed by atoms with Crippen molar-refractivity contribution in [1.82, 2.24) is 4.72 Å². The van der Waals surface area contributed by atoms with E-state index in [0.29, 0.717) is 24.4 Å². The van der Waals surface area contributed by atoms with E-state index in [1.165, 1.54) is 11.8 Å². The number of nitrogens with two attached hydrogens (primary N) is 1. The van der Waals surface area contributed by atoms with Gasteiger partial charge < -0.3 is 5.73 Å². The van der Waals surface area contributed by atoms with Crippen LogP contribution >= 0.6 is 11.8 Å². The minimum absolute atomic E-state index is 0.0988. The predicted molar refractivity (Wildman–Crippen MR) is 86.1 cm³/mol. The average molecular weight is 312 g/mol. The van der Waals surface area contributed by atoms with Gasteiger partial charge in [0.2, 0.25) is 10.0 Å². The van der Waals surface area contributed by atoms with Crippen LogP contribution in [0.4, 0.5) is 5.69 Å². The number of terminal acetylenes is 1. The molecular weight excluding hydrogens is 292 g/mol. The molecule has 0 aliphatic carbocycles. The summed E-state index contributed by atoms with van der Waals surface area (Å²) >= 11 is 1.48. The Bertz CT molecular complexity index is 551. The van der Waals surface area contributed by atoms with E-state index < -0.39 is 10.0 Å². The van der Waals surface area contributed by atoms with Gasteiger partial charge in [-0.1, -0.05) is 6.07 Å². The standard InChI is InChI=1S/C14H20N2O2S2/c1-2-3-4-5-9-16-20(17,18)11-10-19-14-8-6-7-13(15)12-14/h1,6-8,12,16H,3-5,9-11,15H2. The normalized spacial score (nSPS) is 11.2. The van der Waals surface area contributed by atoms with Crippen LogP contribution in [0.2, 0.25) is 0 Å². The molecule has 20 heavy (non-hydrogen) atoms. The average Bonchev–Trinajstić information content (AvgIpc) is 2.38. The summed E-state index contributed by atoms with van der Waals surface area (Å²) in [6.07, 6.45) is 7.43. The maximum Gasteiger partial charge on any atom is 0.212 e. The van der Waals surface area contributed by atoms with Crippen LogP contribution in [-0.4, -0.2) is 26.5 Å². The Labute approximate surface area is 125 Å². The number of hydrogen-bond donors (Lipinski definition) is 2. The van der Waals surface area contributed by atoms with E-state index in [4.69, 9.17) is 12.2 Å².